The predicted molar refractivity (Wildman–Crippen MR) is 97.0 cm³/mol. The van der Waals surface area contributed by atoms with Gasteiger partial charge in [0.05, 0.1) is 5.69 Å². The summed E-state index contributed by atoms with van der Waals surface area (Å²) in [4.78, 5) is 12.5. The summed E-state index contributed by atoms with van der Waals surface area (Å²) in [5.41, 5.74) is 4.99. The van der Waals surface area contributed by atoms with Gasteiger partial charge in [-0.05, 0) is 50.3 Å². The average molecular weight is 326 g/mol. The van der Waals surface area contributed by atoms with E-state index < -0.39 is 0 Å². The number of rotatable bonds is 6. The fraction of sp³-hybridized carbons (Fsp3) is 0.400. The molecule has 1 aromatic heterocycles. The van der Waals surface area contributed by atoms with Gasteiger partial charge in [-0.25, -0.2) is 4.68 Å². The summed E-state index contributed by atoms with van der Waals surface area (Å²) < 4.78 is 7.27. The third-order valence-electron chi connectivity index (χ3n) is 4.17. The maximum absolute atomic E-state index is 12.5. The molecule has 4 nitrogen and oxygen atoms in total. The van der Waals surface area contributed by atoms with Gasteiger partial charge in [-0.2, -0.15) is 5.10 Å². The lowest BCUT2D eigenvalue weighted by Gasteiger charge is -2.14. The molecule has 0 bridgehead atoms. The van der Waals surface area contributed by atoms with Crippen LogP contribution in [0.25, 0.3) is 0 Å². The number of aromatic nitrogens is 2. The highest BCUT2D eigenvalue weighted by atomic mass is 16.5. The lowest BCUT2D eigenvalue weighted by Crippen LogP contribution is -2.22. The van der Waals surface area contributed by atoms with E-state index in [9.17, 15) is 4.79 Å². The molecule has 0 unspecified atom stereocenters. The summed E-state index contributed by atoms with van der Waals surface area (Å²) in [7, 11) is 0. The van der Waals surface area contributed by atoms with Gasteiger partial charge in [-0.1, -0.05) is 32.1 Å². The van der Waals surface area contributed by atoms with Gasteiger partial charge in [0.15, 0.2) is 6.61 Å². The molecule has 4 heteroatoms. The number of benzene rings is 1. The van der Waals surface area contributed by atoms with Crippen molar-refractivity contribution in [1.82, 2.24) is 9.78 Å². The summed E-state index contributed by atoms with van der Waals surface area (Å²) in [6, 6.07) is 6.10. The topological polar surface area (TPSA) is 44.1 Å². The predicted octanol–water partition coefficient (Wildman–Crippen LogP) is 4.38. The van der Waals surface area contributed by atoms with Gasteiger partial charge in [0, 0.05) is 11.3 Å². The quantitative estimate of drug-likeness (QED) is 0.740. The Labute approximate surface area is 144 Å². The summed E-state index contributed by atoms with van der Waals surface area (Å²) in [6.45, 7) is 13.8. The standard InChI is InChI=1S/C20H26N2O2/c1-7-8-18-15(5)21-22(16(18)6)20(23)12-24-19-11-14(4)9-10-17(19)13(2)3/h7,9-11,13H,1,8,12H2,2-6H3. The molecule has 0 saturated heterocycles. The first-order chi connectivity index (χ1) is 11.3. The van der Waals surface area contributed by atoms with E-state index in [1.807, 2.05) is 32.9 Å². The number of carbonyl (C=O) groups excluding carboxylic acids is 1. The van der Waals surface area contributed by atoms with Crippen LogP contribution in [0.5, 0.6) is 5.75 Å². The molecule has 0 spiro atoms. The second-order valence-electron chi connectivity index (χ2n) is 6.43. The van der Waals surface area contributed by atoms with Crippen LogP contribution < -0.4 is 4.74 Å². The van der Waals surface area contributed by atoms with Crippen molar-refractivity contribution in [3.05, 3.63) is 58.9 Å². The largest absolute Gasteiger partial charge is 0.483 e. The monoisotopic (exact) mass is 326 g/mol. The van der Waals surface area contributed by atoms with Crippen LogP contribution >= 0.6 is 0 Å². The summed E-state index contributed by atoms with van der Waals surface area (Å²) in [6.07, 6.45) is 2.53. The lowest BCUT2D eigenvalue weighted by atomic mass is 10.0. The third-order valence-corrected chi connectivity index (χ3v) is 4.17. The molecular formula is C20H26N2O2. The van der Waals surface area contributed by atoms with Crippen molar-refractivity contribution in [3.63, 3.8) is 0 Å². The highest BCUT2D eigenvalue weighted by Crippen LogP contribution is 2.27. The molecule has 0 N–H and O–H groups in total. The Bertz CT molecular complexity index is 757. The molecular weight excluding hydrogens is 300 g/mol. The van der Waals surface area contributed by atoms with Crippen LogP contribution in [0, 0.1) is 20.8 Å². The SMILES string of the molecule is C=CCc1c(C)nn(C(=O)COc2cc(C)ccc2C(C)C)c1C. The van der Waals surface area contributed by atoms with Crippen molar-refractivity contribution >= 4 is 5.91 Å². The highest BCUT2D eigenvalue weighted by Gasteiger charge is 2.17. The lowest BCUT2D eigenvalue weighted by molar-refractivity contribution is 0.0817. The van der Waals surface area contributed by atoms with Crippen molar-refractivity contribution < 1.29 is 9.53 Å². The maximum atomic E-state index is 12.5. The van der Waals surface area contributed by atoms with Crippen LogP contribution in [-0.2, 0) is 6.42 Å². The zero-order chi connectivity index (χ0) is 17.9. The van der Waals surface area contributed by atoms with Gasteiger partial charge in [0.25, 0.3) is 5.91 Å². The summed E-state index contributed by atoms with van der Waals surface area (Å²) in [5.74, 6) is 0.942. The van der Waals surface area contributed by atoms with Gasteiger partial charge in [0.2, 0.25) is 0 Å². The fourth-order valence-corrected chi connectivity index (χ4v) is 2.80. The van der Waals surface area contributed by atoms with E-state index in [-0.39, 0.29) is 12.5 Å². The van der Waals surface area contributed by atoms with Crippen molar-refractivity contribution in [2.75, 3.05) is 6.61 Å². The first-order valence-corrected chi connectivity index (χ1v) is 8.27. The van der Waals surface area contributed by atoms with Crippen LogP contribution in [-0.4, -0.2) is 22.3 Å². The molecule has 0 atom stereocenters. The first-order valence-electron chi connectivity index (χ1n) is 8.27. The molecule has 2 aromatic rings. The highest BCUT2D eigenvalue weighted by molar-refractivity contribution is 5.80. The smallest absolute Gasteiger partial charge is 0.284 e. The molecule has 128 valence electrons. The number of nitrogens with zero attached hydrogens (tertiary/aromatic N) is 2. The van der Waals surface area contributed by atoms with Gasteiger partial charge < -0.3 is 4.74 Å². The van der Waals surface area contributed by atoms with E-state index in [1.165, 1.54) is 4.68 Å². The second kappa shape index (κ2) is 7.47. The molecule has 0 aliphatic carbocycles. The normalized spacial score (nSPS) is 10.9. The Hall–Kier alpha value is -2.36. The minimum Gasteiger partial charge on any atom is -0.483 e. The summed E-state index contributed by atoms with van der Waals surface area (Å²) in [5, 5.41) is 4.36. The van der Waals surface area contributed by atoms with Crippen LogP contribution in [0.1, 0.15) is 52.6 Å². The number of aryl methyl sites for hydroxylation is 2. The molecule has 24 heavy (non-hydrogen) atoms. The van der Waals surface area contributed by atoms with Gasteiger partial charge >= 0.3 is 0 Å². The maximum Gasteiger partial charge on any atom is 0.284 e. The van der Waals surface area contributed by atoms with E-state index >= 15 is 0 Å². The minimum atomic E-state index is -0.165. The third kappa shape index (κ3) is 3.75. The van der Waals surface area contributed by atoms with Crippen LogP contribution in [0.3, 0.4) is 0 Å². The van der Waals surface area contributed by atoms with Crippen molar-refractivity contribution in [3.8, 4) is 5.75 Å². The minimum absolute atomic E-state index is 0.0291. The Morgan fingerprint density at radius 1 is 1.33 bits per heavy atom. The van der Waals surface area contributed by atoms with Crippen LogP contribution in [0.15, 0.2) is 30.9 Å². The van der Waals surface area contributed by atoms with E-state index in [0.29, 0.717) is 12.3 Å². The Morgan fingerprint density at radius 3 is 2.67 bits per heavy atom. The number of ether oxygens (including phenoxy) is 1. The molecule has 0 radical (unpaired) electrons. The second-order valence-corrected chi connectivity index (χ2v) is 6.43. The number of hydrogen-bond donors (Lipinski definition) is 0. The van der Waals surface area contributed by atoms with E-state index in [4.69, 9.17) is 4.74 Å². The van der Waals surface area contributed by atoms with Gasteiger partial charge in [0.1, 0.15) is 5.75 Å². The van der Waals surface area contributed by atoms with E-state index in [0.717, 1.165) is 33.8 Å². The molecule has 0 aliphatic heterocycles. The zero-order valence-electron chi connectivity index (χ0n) is 15.2. The Morgan fingerprint density at radius 2 is 2.04 bits per heavy atom. The average Bonchev–Trinajstić information content (AvgIpc) is 2.81. The molecule has 0 saturated carbocycles. The summed E-state index contributed by atoms with van der Waals surface area (Å²) >= 11 is 0. The zero-order valence-corrected chi connectivity index (χ0v) is 15.2. The van der Waals surface area contributed by atoms with Crippen molar-refractivity contribution in [1.29, 1.82) is 0 Å². The van der Waals surface area contributed by atoms with E-state index in [1.54, 1.807) is 0 Å². The Balaban J connectivity index is 2.19. The number of hydrogen-bond acceptors (Lipinski definition) is 3. The molecule has 1 aromatic carbocycles. The Kier molecular flexibility index (Phi) is 5.60. The van der Waals surface area contributed by atoms with Crippen LogP contribution in [0.4, 0.5) is 0 Å². The molecule has 1 heterocycles. The van der Waals surface area contributed by atoms with Crippen molar-refractivity contribution in [2.45, 2.75) is 47.0 Å². The van der Waals surface area contributed by atoms with Crippen LogP contribution in [0.2, 0.25) is 0 Å². The number of allylic oxidation sites excluding steroid dienone is 1. The molecule has 2 rings (SSSR count). The number of carbonyl (C=O) groups is 1. The molecule has 0 aliphatic rings. The first kappa shape index (κ1) is 18.0. The fourth-order valence-electron chi connectivity index (χ4n) is 2.80. The van der Waals surface area contributed by atoms with Crippen molar-refractivity contribution in [2.24, 2.45) is 0 Å². The van der Waals surface area contributed by atoms with Gasteiger partial charge in [-0.3, -0.25) is 4.79 Å². The van der Waals surface area contributed by atoms with E-state index in [2.05, 4.69) is 37.7 Å². The van der Waals surface area contributed by atoms with Gasteiger partial charge in [-0.15, -0.1) is 6.58 Å². The molecule has 0 amide bonds. The molecule has 0 fully saturated rings.